The summed E-state index contributed by atoms with van der Waals surface area (Å²) in [5, 5.41) is 3.04. The second-order valence-corrected chi connectivity index (χ2v) is 4.68. The Hall–Kier alpha value is -2.14. The van der Waals surface area contributed by atoms with E-state index < -0.39 is 0 Å². The minimum Gasteiger partial charge on any atom is -0.476 e. The summed E-state index contributed by atoms with van der Waals surface area (Å²) in [5.41, 5.74) is 0.974. The largest absolute Gasteiger partial charge is 0.476 e. The van der Waals surface area contributed by atoms with Crippen LogP contribution in [0, 0.1) is 0 Å². The minimum atomic E-state index is 0.588. The SMILES string of the molecule is CNc1cc(OCCN(C)C)nc(-c2ccccc2)n1. The molecule has 1 N–H and O–H groups in total. The van der Waals surface area contributed by atoms with Crippen molar-refractivity contribution in [2.75, 3.05) is 39.6 Å². The average Bonchev–Trinajstić information content (AvgIpc) is 2.47. The van der Waals surface area contributed by atoms with Crippen LogP contribution in [0.25, 0.3) is 11.4 Å². The third-order valence-corrected chi connectivity index (χ3v) is 2.78. The molecule has 20 heavy (non-hydrogen) atoms. The highest BCUT2D eigenvalue weighted by Gasteiger charge is 2.07. The number of aromatic nitrogens is 2. The van der Waals surface area contributed by atoms with Gasteiger partial charge in [0.1, 0.15) is 12.4 Å². The fraction of sp³-hybridized carbons (Fsp3) is 0.333. The van der Waals surface area contributed by atoms with Crippen LogP contribution in [0.1, 0.15) is 0 Å². The van der Waals surface area contributed by atoms with Gasteiger partial charge in [-0.1, -0.05) is 30.3 Å². The number of hydrogen-bond donors (Lipinski definition) is 1. The molecule has 5 nitrogen and oxygen atoms in total. The first-order valence-electron chi connectivity index (χ1n) is 6.59. The fourth-order valence-corrected chi connectivity index (χ4v) is 1.68. The fourth-order valence-electron chi connectivity index (χ4n) is 1.68. The average molecular weight is 272 g/mol. The topological polar surface area (TPSA) is 50.3 Å². The van der Waals surface area contributed by atoms with E-state index in [1.54, 1.807) is 0 Å². The second kappa shape index (κ2) is 6.86. The molecule has 1 heterocycles. The third kappa shape index (κ3) is 3.93. The summed E-state index contributed by atoms with van der Waals surface area (Å²) < 4.78 is 5.69. The lowest BCUT2D eigenvalue weighted by molar-refractivity contribution is 0.254. The molecule has 0 atom stereocenters. The normalized spacial score (nSPS) is 10.6. The maximum Gasteiger partial charge on any atom is 0.219 e. The molecule has 0 bridgehead atoms. The van der Waals surface area contributed by atoms with Crippen LogP contribution in [0.4, 0.5) is 5.82 Å². The van der Waals surface area contributed by atoms with Crippen molar-refractivity contribution in [3.05, 3.63) is 36.4 Å². The van der Waals surface area contributed by atoms with Crippen molar-refractivity contribution in [3.8, 4) is 17.3 Å². The van der Waals surface area contributed by atoms with Crippen LogP contribution < -0.4 is 10.1 Å². The molecule has 2 rings (SSSR count). The highest BCUT2D eigenvalue weighted by Crippen LogP contribution is 2.20. The monoisotopic (exact) mass is 272 g/mol. The highest BCUT2D eigenvalue weighted by atomic mass is 16.5. The van der Waals surface area contributed by atoms with Crippen molar-refractivity contribution < 1.29 is 4.74 Å². The Morgan fingerprint density at radius 2 is 1.90 bits per heavy atom. The predicted octanol–water partition coefficient (Wildman–Crippen LogP) is 2.13. The van der Waals surface area contributed by atoms with Crippen molar-refractivity contribution in [3.63, 3.8) is 0 Å². The number of anilines is 1. The van der Waals surface area contributed by atoms with Crippen molar-refractivity contribution >= 4 is 5.82 Å². The van der Waals surface area contributed by atoms with Crippen LogP contribution in [-0.4, -0.2) is 49.2 Å². The molecule has 1 aromatic carbocycles. The van der Waals surface area contributed by atoms with E-state index in [1.165, 1.54) is 0 Å². The van der Waals surface area contributed by atoms with Gasteiger partial charge in [0.15, 0.2) is 5.82 Å². The van der Waals surface area contributed by atoms with Gasteiger partial charge in [0.2, 0.25) is 5.88 Å². The zero-order chi connectivity index (χ0) is 14.4. The van der Waals surface area contributed by atoms with Crippen LogP contribution in [-0.2, 0) is 0 Å². The van der Waals surface area contributed by atoms with Crippen molar-refractivity contribution in [1.29, 1.82) is 0 Å². The van der Waals surface area contributed by atoms with Gasteiger partial charge in [-0.3, -0.25) is 0 Å². The van der Waals surface area contributed by atoms with E-state index in [4.69, 9.17) is 4.74 Å². The number of hydrogen-bond acceptors (Lipinski definition) is 5. The first kappa shape index (κ1) is 14.3. The van der Waals surface area contributed by atoms with Crippen LogP contribution in [0.3, 0.4) is 0 Å². The molecule has 0 unspecified atom stereocenters. The van der Waals surface area contributed by atoms with Gasteiger partial charge in [-0.25, -0.2) is 4.98 Å². The second-order valence-electron chi connectivity index (χ2n) is 4.68. The summed E-state index contributed by atoms with van der Waals surface area (Å²) in [5.74, 6) is 2.00. The number of benzene rings is 1. The van der Waals surface area contributed by atoms with Crippen molar-refractivity contribution in [2.45, 2.75) is 0 Å². The van der Waals surface area contributed by atoms with Gasteiger partial charge in [0.05, 0.1) is 0 Å². The van der Waals surface area contributed by atoms with Crippen LogP contribution >= 0.6 is 0 Å². The lowest BCUT2D eigenvalue weighted by atomic mass is 10.2. The molecule has 0 amide bonds. The molecule has 0 aliphatic heterocycles. The van der Waals surface area contributed by atoms with Gasteiger partial charge < -0.3 is 15.0 Å². The molecule has 0 saturated heterocycles. The maximum absolute atomic E-state index is 5.69. The number of rotatable bonds is 6. The first-order valence-corrected chi connectivity index (χ1v) is 6.59. The Morgan fingerprint density at radius 3 is 2.55 bits per heavy atom. The van der Waals surface area contributed by atoms with Gasteiger partial charge in [-0.15, -0.1) is 0 Å². The molecular formula is C15H20N4O. The zero-order valence-electron chi connectivity index (χ0n) is 12.1. The van der Waals surface area contributed by atoms with Crippen molar-refractivity contribution in [2.24, 2.45) is 0 Å². The van der Waals surface area contributed by atoms with E-state index in [9.17, 15) is 0 Å². The van der Waals surface area contributed by atoms with Gasteiger partial charge in [-0.2, -0.15) is 4.98 Å². The molecule has 0 aliphatic rings. The molecule has 0 saturated carbocycles. The lowest BCUT2D eigenvalue weighted by Gasteiger charge is -2.12. The number of ether oxygens (including phenoxy) is 1. The van der Waals surface area contributed by atoms with Gasteiger partial charge in [0.25, 0.3) is 0 Å². The number of nitrogens with zero attached hydrogens (tertiary/aromatic N) is 3. The Morgan fingerprint density at radius 1 is 1.15 bits per heavy atom. The van der Waals surface area contributed by atoms with Crippen LogP contribution in [0.2, 0.25) is 0 Å². The van der Waals surface area contributed by atoms with E-state index >= 15 is 0 Å². The van der Waals surface area contributed by atoms with Crippen LogP contribution in [0.5, 0.6) is 5.88 Å². The Kier molecular flexibility index (Phi) is 4.90. The molecule has 0 fully saturated rings. The van der Waals surface area contributed by atoms with Gasteiger partial charge in [-0.05, 0) is 14.1 Å². The summed E-state index contributed by atoms with van der Waals surface area (Å²) in [6, 6.07) is 11.7. The van der Waals surface area contributed by atoms with E-state index in [-0.39, 0.29) is 0 Å². The van der Waals surface area contributed by atoms with Crippen molar-refractivity contribution in [1.82, 2.24) is 14.9 Å². The predicted molar refractivity (Wildman–Crippen MR) is 81.1 cm³/mol. The van der Waals surface area contributed by atoms with E-state index in [0.29, 0.717) is 18.3 Å². The first-order chi connectivity index (χ1) is 9.69. The summed E-state index contributed by atoms with van der Waals surface area (Å²) >= 11 is 0. The molecule has 2 aromatic rings. The maximum atomic E-state index is 5.69. The molecule has 0 radical (unpaired) electrons. The summed E-state index contributed by atoms with van der Waals surface area (Å²) in [6.07, 6.45) is 0. The smallest absolute Gasteiger partial charge is 0.219 e. The zero-order valence-corrected chi connectivity index (χ0v) is 12.1. The van der Waals surface area contributed by atoms with Gasteiger partial charge in [0, 0.05) is 25.2 Å². The summed E-state index contributed by atoms with van der Waals surface area (Å²) in [4.78, 5) is 11.0. The Balaban J connectivity index is 2.20. The summed E-state index contributed by atoms with van der Waals surface area (Å²) in [6.45, 7) is 1.45. The van der Waals surface area contributed by atoms with E-state index in [1.807, 2.05) is 57.5 Å². The summed E-state index contributed by atoms with van der Waals surface area (Å²) in [7, 11) is 5.86. The standard InChI is InChI=1S/C15H20N4O/c1-16-13-11-14(20-10-9-19(2)3)18-15(17-13)12-7-5-4-6-8-12/h4-8,11H,9-10H2,1-3H3,(H,16,17,18). The number of nitrogens with one attached hydrogen (secondary N) is 1. The highest BCUT2D eigenvalue weighted by molar-refractivity contribution is 5.58. The molecule has 1 aromatic heterocycles. The van der Waals surface area contributed by atoms with E-state index in [2.05, 4.69) is 20.2 Å². The van der Waals surface area contributed by atoms with E-state index in [0.717, 1.165) is 17.9 Å². The Labute approximate surface area is 119 Å². The third-order valence-electron chi connectivity index (χ3n) is 2.78. The lowest BCUT2D eigenvalue weighted by Crippen LogP contribution is -2.19. The number of likely N-dealkylation sites (N-methyl/N-ethyl adjacent to an activating group) is 1. The molecule has 106 valence electrons. The molecule has 0 spiro atoms. The molecular weight excluding hydrogens is 252 g/mol. The molecule has 5 heteroatoms. The quantitative estimate of drug-likeness (QED) is 0.873. The minimum absolute atomic E-state index is 0.588. The van der Waals surface area contributed by atoms with Gasteiger partial charge >= 0.3 is 0 Å². The Bertz CT molecular complexity index is 543. The molecule has 0 aliphatic carbocycles. The van der Waals surface area contributed by atoms with Crippen LogP contribution in [0.15, 0.2) is 36.4 Å².